The Labute approximate surface area is 110 Å². The maximum atomic E-state index is 5.75. The van der Waals surface area contributed by atoms with Gasteiger partial charge in [0.2, 0.25) is 0 Å². The van der Waals surface area contributed by atoms with E-state index in [0.29, 0.717) is 0 Å². The number of benzene rings is 1. The van der Waals surface area contributed by atoms with E-state index in [4.69, 9.17) is 4.74 Å². The molecule has 0 bridgehead atoms. The number of rotatable bonds is 6. The molecule has 2 rings (SSSR count). The molecule has 1 aromatic heterocycles. The molecule has 0 radical (unpaired) electrons. The zero-order chi connectivity index (χ0) is 12.1. The number of halogens is 1. The lowest BCUT2D eigenvalue weighted by molar-refractivity contribution is 0.305. The largest absolute Gasteiger partial charge is 0.494 e. The van der Waals surface area contributed by atoms with E-state index in [1.807, 2.05) is 12.3 Å². The maximum Gasteiger partial charge on any atom is 0.120 e. The van der Waals surface area contributed by atoms with Gasteiger partial charge in [-0.3, -0.25) is 0 Å². The molecule has 0 aliphatic heterocycles. The predicted molar refractivity (Wildman–Crippen MR) is 75.6 cm³/mol. The van der Waals surface area contributed by atoms with Crippen LogP contribution in [-0.4, -0.2) is 11.6 Å². The van der Waals surface area contributed by atoms with Crippen LogP contribution in [0.5, 0.6) is 5.75 Å². The molecule has 92 valence electrons. The summed E-state index contributed by atoms with van der Waals surface area (Å²) in [4.78, 5) is 3.20. The molecule has 0 saturated heterocycles. The summed E-state index contributed by atoms with van der Waals surface area (Å²) in [5.74, 6) is 0.953. The van der Waals surface area contributed by atoms with E-state index in [-0.39, 0.29) is 0 Å². The van der Waals surface area contributed by atoms with E-state index < -0.39 is 0 Å². The summed E-state index contributed by atoms with van der Waals surface area (Å²) >= 11 is 3.52. The topological polar surface area (TPSA) is 25.0 Å². The summed E-state index contributed by atoms with van der Waals surface area (Å²) in [6.45, 7) is 3.03. The molecule has 0 atom stereocenters. The van der Waals surface area contributed by atoms with E-state index in [2.05, 4.69) is 40.0 Å². The van der Waals surface area contributed by atoms with Crippen LogP contribution in [0.3, 0.4) is 0 Å². The maximum absolute atomic E-state index is 5.75. The predicted octanol–water partition coefficient (Wildman–Crippen LogP) is 4.89. The van der Waals surface area contributed by atoms with Gasteiger partial charge in [0.1, 0.15) is 5.75 Å². The van der Waals surface area contributed by atoms with Crippen molar-refractivity contribution in [2.24, 2.45) is 0 Å². The first-order chi connectivity index (χ1) is 8.31. The Hall–Kier alpha value is -0.960. The third-order valence-corrected chi connectivity index (χ3v) is 3.53. The van der Waals surface area contributed by atoms with Crippen LogP contribution in [0.1, 0.15) is 32.6 Å². The highest BCUT2D eigenvalue weighted by Crippen LogP contribution is 2.27. The number of fused-ring (bicyclic) bond motifs is 1. The van der Waals surface area contributed by atoms with E-state index >= 15 is 0 Å². The first-order valence-corrected chi connectivity index (χ1v) is 7.00. The molecule has 3 heteroatoms. The van der Waals surface area contributed by atoms with E-state index in [1.165, 1.54) is 24.6 Å². The second kappa shape index (κ2) is 6.10. The molecule has 1 N–H and O–H groups in total. The summed E-state index contributed by atoms with van der Waals surface area (Å²) < 4.78 is 6.84. The molecule has 1 heterocycles. The van der Waals surface area contributed by atoms with Crippen LogP contribution in [0.25, 0.3) is 10.9 Å². The van der Waals surface area contributed by atoms with Crippen molar-refractivity contribution in [3.63, 3.8) is 0 Å². The molecule has 0 spiro atoms. The number of hydrogen-bond acceptors (Lipinski definition) is 1. The highest BCUT2D eigenvalue weighted by atomic mass is 79.9. The Bertz CT molecular complexity index is 478. The fourth-order valence-corrected chi connectivity index (χ4v) is 2.32. The molecule has 0 saturated carbocycles. The van der Waals surface area contributed by atoms with Crippen LogP contribution in [0.2, 0.25) is 0 Å². The van der Waals surface area contributed by atoms with Crippen molar-refractivity contribution in [3.05, 3.63) is 28.9 Å². The van der Waals surface area contributed by atoms with Gasteiger partial charge in [0.05, 0.1) is 6.61 Å². The van der Waals surface area contributed by atoms with Crippen LogP contribution in [0.4, 0.5) is 0 Å². The van der Waals surface area contributed by atoms with E-state index in [9.17, 15) is 0 Å². The molecule has 0 fully saturated rings. The number of aromatic nitrogens is 1. The third kappa shape index (κ3) is 3.25. The summed E-state index contributed by atoms with van der Waals surface area (Å²) in [5, 5.41) is 1.18. The summed E-state index contributed by atoms with van der Waals surface area (Å²) in [6.07, 6.45) is 6.91. The fourth-order valence-electron chi connectivity index (χ4n) is 1.87. The van der Waals surface area contributed by atoms with E-state index in [0.717, 1.165) is 28.8 Å². The number of ether oxygens (including phenoxy) is 1. The molecule has 0 aliphatic carbocycles. The molecular weight excluding hydrogens is 278 g/mol. The van der Waals surface area contributed by atoms with Crippen molar-refractivity contribution in [2.45, 2.75) is 32.6 Å². The Morgan fingerprint density at radius 3 is 2.94 bits per heavy atom. The molecule has 0 aliphatic rings. The zero-order valence-corrected chi connectivity index (χ0v) is 11.7. The normalized spacial score (nSPS) is 10.9. The minimum atomic E-state index is 0.813. The molecule has 2 aromatic rings. The lowest BCUT2D eigenvalue weighted by Crippen LogP contribution is -1.96. The number of nitrogens with one attached hydrogen (secondary N) is 1. The van der Waals surface area contributed by atoms with Crippen LogP contribution >= 0.6 is 15.9 Å². The first-order valence-electron chi connectivity index (χ1n) is 6.20. The van der Waals surface area contributed by atoms with Crippen LogP contribution in [0.15, 0.2) is 28.9 Å². The Morgan fingerprint density at radius 2 is 2.12 bits per heavy atom. The lowest BCUT2D eigenvalue weighted by Gasteiger charge is -2.06. The Kier molecular flexibility index (Phi) is 4.49. The average Bonchev–Trinajstić information content (AvgIpc) is 2.71. The molecule has 2 nitrogen and oxygen atoms in total. The van der Waals surface area contributed by atoms with Crippen LogP contribution in [0, 0.1) is 0 Å². The van der Waals surface area contributed by atoms with Crippen LogP contribution in [-0.2, 0) is 0 Å². The Morgan fingerprint density at radius 1 is 1.24 bits per heavy atom. The van der Waals surface area contributed by atoms with Gasteiger partial charge in [-0.15, -0.1) is 0 Å². The fraction of sp³-hybridized carbons (Fsp3) is 0.429. The first kappa shape index (κ1) is 12.5. The van der Waals surface area contributed by atoms with E-state index in [1.54, 1.807) is 0 Å². The van der Waals surface area contributed by atoms with Gasteiger partial charge >= 0.3 is 0 Å². The summed E-state index contributed by atoms with van der Waals surface area (Å²) in [6, 6.07) is 6.16. The van der Waals surface area contributed by atoms with Crippen molar-refractivity contribution in [3.8, 4) is 5.75 Å². The lowest BCUT2D eigenvalue weighted by atomic mass is 10.2. The second-order valence-electron chi connectivity index (χ2n) is 4.25. The van der Waals surface area contributed by atoms with Gasteiger partial charge in [-0.2, -0.15) is 0 Å². The van der Waals surface area contributed by atoms with Gasteiger partial charge < -0.3 is 9.72 Å². The number of unbranched alkanes of at least 4 members (excludes halogenated alkanes) is 3. The number of hydrogen-bond donors (Lipinski definition) is 1. The second-order valence-corrected chi connectivity index (χ2v) is 5.11. The van der Waals surface area contributed by atoms with Gasteiger partial charge in [-0.25, -0.2) is 0 Å². The number of aromatic amines is 1. The monoisotopic (exact) mass is 295 g/mol. The van der Waals surface area contributed by atoms with Gasteiger partial charge in [-0.1, -0.05) is 26.2 Å². The van der Waals surface area contributed by atoms with Crippen molar-refractivity contribution in [1.82, 2.24) is 4.98 Å². The third-order valence-electron chi connectivity index (χ3n) is 2.87. The number of H-pyrrole nitrogens is 1. The summed E-state index contributed by atoms with van der Waals surface area (Å²) in [5.41, 5.74) is 1.13. The zero-order valence-electron chi connectivity index (χ0n) is 10.1. The SMILES string of the molecule is CCCCCCOc1ccc2[nH]cc(Br)c2c1. The molecule has 0 unspecified atom stereocenters. The summed E-state index contributed by atoms with van der Waals surface area (Å²) in [7, 11) is 0. The quantitative estimate of drug-likeness (QED) is 0.754. The van der Waals surface area contributed by atoms with Gasteiger partial charge in [-0.05, 0) is 40.5 Å². The van der Waals surface area contributed by atoms with Gasteiger partial charge in [0.15, 0.2) is 0 Å². The molecule has 17 heavy (non-hydrogen) atoms. The standard InChI is InChI=1S/C14H18BrNO/c1-2-3-4-5-8-17-11-6-7-14-12(9-11)13(15)10-16-14/h6-7,9-10,16H,2-5,8H2,1H3. The Balaban J connectivity index is 1.92. The molecule has 1 aromatic carbocycles. The van der Waals surface area contributed by atoms with Crippen LogP contribution < -0.4 is 4.74 Å². The highest BCUT2D eigenvalue weighted by molar-refractivity contribution is 9.10. The minimum Gasteiger partial charge on any atom is -0.494 e. The average molecular weight is 296 g/mol. The highest BCUT2D eigenvalue weighted by Gasteiger charge is 2.02. The van der Waals surface area contributed by atoms with Crippen molar-refractivity contribution < 1.29 is 4.74 Å². The van der Waals surface area contributed by atoms with Crippen molar-refractivity contribution >= 4 is 26.8 Å². The van der Waals surface area contributed by atoms with Gasteiger partial charge in [0, 0.05) is 21.6 Å². The minimum absolute atomic E-state index is 0.813. The van der Waals surface area contributed by atoms with Crippen molar-refractivity contribution in [2.75, 3.05) is 6.61 Å². The smallest absolute Gasteiger partial charge is 0.120 e. The molecule has 0 amide bonds. The van der Waals surface area contributed by atoms with Crippen molar-refractivity contribution in [1.29, 1.82) is 0 Å². The molecular formula is C14H18BrNO. The van der Waals surface area contributed by atoms with Gasteiger partial charge in [0.25, 0.3) is 0 Å².